The van der Waals surface area contributed by atoms with Gasteiger partial charge in [-0.2, -0.15) is 5.26 Å². The van der Waals surface area contributed by atoms with Gasteiger partial charge in [-0.3, -0.25) is 0 Å². The van der Waals surface area contributed by atoms with Gasteiger partial charge < -0.3 is 10.0 Å². The Kier molecular flexibility index (Phi) is 2.33. The van der Waals surface area contributed by atoms with Crippen LogP contribution in [0.4, 0.5) is 5.82 Å². The number of pyridine rings is 1. The summed E-state index contributed by atoms with van der Waals surface area (Å²) in [6.07, 6.45) is 2.32. The van der Waals surface area contributed by atoms with E-state index in [-0.39, 0.29) is 0 Å². The Morgan fingerprint density at radius 1 is 1.60 bits per heavy atom. The molecule has 0 bridgehead atoms. The minimum atomic E-state index is -0.615. The molecule has 1 fully saturated rings. The van der Waals surface area contributed by atoms with Gasteiger partial charge in [0.15, 0.2) is 0 Å². The Balaban J connectivity index is 2.15. The summed E-state index contributed by atoms with van der Waals surface area (Å²) < 4.78 is 0. The van der Waals surface area contributed by atoms with Crippen molar-refractivity contribution >= 4 is 5.82 Å². The molecule has 2 heterocycles. The van der Waals surface area contributed by atoms with Crippen molar-refractivity contribution in [2.24, 2.45) is 0 Å². The first-order valence-corrected chi connectivity index (χ1v) is 4.94. The van der Waals surface area contributed by atoms with Crippen LogP contribution < -0.4 is 4.90 Å². The molecule has 2 rings (SSSR count). The second kappa shape index (κ2) is 3.52. The number of β-amino-alcohol motifs (C(OH)–C–C–N with tert-alkyl or cyclic N) is 1. The molecule has 0 aromatic carbocycles. The van der Waals surface area contributed by atoms with E-state index in [1.54, 1.807) is 12.3 Å². The summed E-state index contributed by atoms with van der Waals surface area (Å²) in [5.74, 6) is 0.826. The lowest BCUT2D eigenvalue weighted by Crippen LogP contribution is -2.29. The van der Waals surface area contributed by atoms with Gasteiger partial charge in [-0.1, -0.05) is 0 Å². The molecule has 1 aromatic heterocycles. The molecule has 1 atom stereocenters. The van der Waals surface area contributed by atoms with Crippen LogP contribution in [0.25, 0.3) is 0 Å². The SMILES string of the molecule is CC1(O)CCN(c2ccc(C#N)cn2)C1. The quantitative estimate of drug-likeness (QED) is 0.737. The predicted octanol–water partition coefficient (Wildman–Crippen LogP) is 0.914. The minimum Gasteiger partial charge on any atom is -0.388 e. The highest BCUT2D eigenvalue weighted by Crippen LogP contribution is 2.24. The lowest BCUT2D eigenvalue weighted by molar-refractivity contribution is 0.0839. The zero-order chi connectivity index (χ0) is 10.9. The number of rotatable bonds is 1. The number of nitrogens with zero attached hydrogens (tertiary/aromatic N) is 3. The molecule has 1 aliphatic heterocycles. The summed E-state index contributed by atoms with van der Waals surface area (Å²) in [4.78, 5) is 6.22. The summed E-state index contributed by atoms with van der Waals surface area (Å²) in [5, 5.41) is 18.4. The number of aromatic nitrogens is 1. The maximum absolute atomic E-state index is 9.81. The van der Waals surface area contributed by atoms with Gasteiger partial charge in [0, 0.05) is 19.3 Å². The van der Waals surface area contributed by atoms with Crippen LogP contribution in [0.15, 0.2) is 18.3 Å². The normalized spacial score (nSPS) is 25.3. The predicted molar refractivity (Wildman–Crippen MR) is 56.4 cm³/mol. The van der Waals surface area contributed by atoms with E-state index >= 15 is 0 Å². The summed E-state index contributed by atoms with van der Waals surface area (Å²) in [7, 11) is 0. The minimum absolute atomic E-state index is 0.560. The summed E-state index contributed by atoms with van der Waals surface area (Å²) in [5.41, 5.74) is -0.0556. The molecule has 78 valence electrons. The molecular weight excluding hydrogens is 190 g/mol. The fourth-order valence-corrected chi connectivity index (χ4v) is 1.78. The van der Waals surface area contributed by atoms with Crippen molar-refractivity contribution in [3.05, 3.63) is 23.9 Å². The molecule has 1 aromatic rings. The molecule has 1 saturated heterocycles. The third-order valence-corrected chi connectivity index (χ3v) is 2.65. The van der Waals surface area contributed by atoms with Crippen LogP contribution in [0.3, 0.4) is 0 Å². The van der Waals surface area contributed by atoms with Crippen LogP contribution in [0, 0.1) is 11.3 Å². The highest BCUT2D eigenvalue weighted by atomic mass is 16.3. The van der Waals surface area contributed by atoms with Crippen LogP contribution in [0.5, 0.6) is 0 Å². The molecule has 0 spiro atoms. The van der Waals surface area contributed by atoms with Gasteiger partial charge in [0.25, 0.3) is 0 Å². The van der Waals surface area contributed by atoms with Crippen molar-refractivity contribution in [2.45, 2.75) is 18.9 Å². The highest BCUT2D eigenvalue weighted by Gasteiger charge is 2.31. The van der Waals surface area contributed by atoms with Crippen LogP contribution in [-0.2, 0) is 0 Å². The smallest absolute Gasteiger partial charge is 0.128 e. The Bertz CT molecular complexity index is 391. The van der Waals surface area contributed by atoms with E-state index in [4.69, 9.17) is 5.26 Å². The van der Waals surface area contributed by atoms with Gasteiger partial charge >= 0.3 is 0 Å². The average Bonchev–Trinajstić information content (AvgIpc) is 2.59. The average molecular weight is 203 g/mol. The van der Waals surface area contributed by atoms with E-state index in [9.17, 15) is 5.11 Å². The summed E-state index contributed by atoms with van der Waals surface area (Å²) in [6.45, 7) is 3.24. The fourth-order valence-electron chi connectivity index (χ4n) is 1.78. The molecule has 4 nitrogen and oxygen atoms in total. The molecule has 0 amide bonds. The number of hydrogen-bond acceptors (Lipinski definition) is 4. The maximum atomic E-state index is 9.81. The van der Waals surface area contributed by atoms with Gasteiger partial charge in [-0.15, -0.1) is 0 Å². The Morgan fingerprint density at radius 2 is 2.40 bits per heavy atom. The van der Waals surface area contributed by atoms with Crippen molar-refractivity contribution < 1.29 is 5.11 Å². The van der Waals surface area contributed by atoms with E-state index in [1.807, 2.05) is 24.0 Å². The monoisotopic (exact) mass is 203 g/mol. The standard InChI is InChI=1S/C11H13N3O/c1-11(15)4-5-14(8-11)10-3-2-9(6-12)7-13-10/h2-3,7,15H,4-5,8H2,1H3. The van der Waals surface area contributed by atoms with Crippen molar-refractivity contribution in [3.8, 4) is 6.07 Å². The first-order chi connectivity index (χ1) is 7.11. The topological polar surface area (TPSA) is 60.1 Å². The van der Waals surface area contributed by atoms with Crippen molar-refractivity contribution in [1.29, 1.82) is 5.26 Å². The Morgan fingerprint density at radius 3 is 2.87 bits per heavy atom. The molecular formula is C11H13N3O. The van der Waals surface area contributed by atoms with E-state index in [1.165, 1.54) is 0 Å². The van der Waals surface area contributed by atoms with Crippen LogP contribution in [0.2, 0.25) is 0 Å². The van der Waals surface area contributed by atoms with Crippen LogP contribution in [-0.4, -0.2) is 28.8 Å². The molecule has 0 saturated carbocycles. The van der Waals surface area contributed by atoms with Gasteiger partial charge in [-0.25, -0.2) is 4.98 Å². The van der Waals surface area contributed by atoms with Crippen molar-refractivity contribution in [3.63, 3.8) is 0 Å². The van der Waals surface area contributed by atoms with Gasteiger partial charge in [0.2, 0.25) is 0 Å². The first-order valence-electron chi connectivity index (χ1n) is 4.94. The third-order valence-electron chi connectivity index (χ3n) is 2.65. The lowest BCUT2D eigenvalue weighted by Gasteiger charge is -2.19. The maximum Gasteiger partial charge on any atom is 0.128 e. The Labute approximate surface area is 88.8 Å². The third kappa shape index (κ3) is 2.08. The lowest BCUT2D eigenvalue weighted by atomic mass is 10.1. The van der Waals surface area contributed by atoms with Crippen molar-refractivity contribution in [2.75, 3.05) is 18.0 Å². The number of anilines is 1. The van der Waals surface area contributed by atoms with Gasteiger partial charge in [0.05, 0.1) is 11.2 Å². The van der Waals surface area contributed by atoms with Crippen molar-refractivity contribution in [1.82, 2.24) is 4.98 Å². The number of aliphatic hydroxyl groups is 1. The highest BCUT2D eigenvalue weighted by molar-refractivity contribution is 5.43. The first kappa shape index (κ1) is 9.94. The zero-order valence-electron chi connectivity index (χ0n) is 8.64. The summed E-state index contributed by atoms with van der Waals surface area (Å²) in [6, 6.07) is 5.60. The number of nitriles is 1. The molecule has 0 radical (unpaired) electrons. The largest absolute Gasteiger partial charge is 0.388 e. The molecule has 1 N–H and O–H groups in total. The van der Waals surface area contributed by atoms with E-state index in [0.717, 1.165) is 18.8 Å². The molecule has 1 unspecified atom stereocenters. The summed E-state index contributed by atoms with van der Waals surface area (Å²) >= 11 is 0. The van der Waals surface area contributed by atoms with Gasteiger partial charge in [-0.05, 0) is 25.5 Å². The fraction of sp³-hybridized carbons (Fsp3) is 0.455. The zero-order valence-corrected chi connectivity index (χ0v) is 8.64. The number of hydrogen-bond donors (Lipinski definition) is 1. The van der Waals surface area contributed by atoms with Crippen LogP contribution in [0.1, 0.15) is 18.9 Å². The van der Waals surface area contributed by atoms with E-state index in [2.05, 4.69) is 4.98 Å². The van der Waals surface area contributed by atoms with Gasteiger partial charge in [0.1, 0.15) is 11.9 Å². The second-order valence-corrected chi connectivity index (χ2v) is 4.19. The molecule has 15 heavy (non-hydrogen) atoms. The molecule has 1 aliphatic rings. The van der Waals surface area contributed by atoms with E-state index in [0.29, 0.717) is 12.1 Å². The Hall–Kier alpha value is -1.60. The van der Waals surface area contributed by atoms with Crippen LogP contribution >= 0.6 is 0 Å². The second-order valence-electron chi connectivity index (χ2n) is 4.19. The molecule has 4 heteroatoms. The molecule has 0 aliphatic carbocycles. The van der Waals surface area contributed by atoms with E-state index < -0.39 is 5.60 Å².